The van der Waals surface area contributed by atoms with Crippen molar-refractivity contribution < 1.29 is 4.74 Å². The quantitative estimate of drug-likeness (QED) is 0.693. The van der Waals surface area contributed by atoms with Gasteiger partial charge in [-0.3, -0.25) is 4.98 Å². The molecule has 0 bridgehead atoms. The molecule has 0 atom stereocenters. The number of hydrogen-bond acceptors (Lipinski definition) is 3. The predicted molar refractivity (Wildman–Crippen MR) is 42.8 cm³/mol. The van der Waals surface area contributed by atoms with Gasteiger partial charge in [0.05, 0.1) is 6.61 Å². The standard InChI is InChI=1S/C8H12N2O/c1-11-6-8-2-7(3-9)4-10-5-8/h2,4-5H,3,6,9H2,1H3. The molecule has 1 aromatic rings. The van der Waals surface area contributed by atoms with Crippen molar-refractivity contribution in [3.05, 3.63) is 29.6 Å². The molecule has 0 amide bonds. The van der Waals surface area contributed by atoms with Gasteiger partial charge in [0.25, 0.3) is 0 Å². The van der Waals surface area contributed by atoms with Gasteiger partial charge in [-0.25, -0.2) is 0 Å². The first-order valence-electron chi connectivity index (χ1n) is 3.48. The van der Waals surface area contributed by atoms with Crippen molar-refractivity contribution in [2.75, 3.05) is 7.11 Å². The highest BCUT2D eigenvalue weighted by Gasteiger charge is 1.93. The molecule has 3 nitrogen and oxygen atoms in total. The lowest BCUT2D eigenvalue weighted by atomic mass is 10.2. The van der Waals surface area contributed by atoms with Gasteiger partial charge in [0.2, 0.25) is 0 Å². The van der Waals surface area contributed by atoms with Gasteiger partial charge in [-0.05, 0) is 17.2 Å². The molecule has 0 saturated heterocycles. The van der Waals surface area contributed by atoms with Crippen LogP contribution in [0.5, 0.6) is 0 Å². The van der Waals surface area contributed by atoms with Gasteiger partial charge in [0.1, 0.15) is 0 Å². The van der Waals surface area contributed by atoms with Gasteiger partial charge in [-0.2, -0.15) is 0 Å². The Bertz CT molecular complexity index is 225. The molecule has 1 rings (SSSR count). The Morgan fingerprint density at radius 3 is 2.82 bits per heavy atom. The minimum Gasteiger partial charge on any atom is -0.380 e. The van der Waals surface area contributed by atoms with Crippen LogP contribution < -0.4 is 5.73 Å². The maximum Gasteiger partial charge on any atom is 0.0728 e. The zero-order chi connectivity index (χ0) is 8.10. The molecule has 0 aromatic carbocycles. The van der Waals surface area contributed by atoms with Crippen LogP contribution in [0.15, 0.2) is 18.5 Å². The van der Waals surface area contributed by atoms with Gasteiger partial charge in [0.15, 0.2) is 0 Å². The lowest BCUT2D eigenvalue weighted by Gasteiger charge is -2.00. The van der Waals surface area contributed by atoms with Crippen LogP contribution >= 0.6 is 0 Å². The summed E-state index contributed by atoms with van der Waals surface area (Å²) in [6, 6.07) is 2.00. The summed E-state index contributed by atoms with van der Waals surface area (Å²) in [5.41, 5.74) is 7.54. The smallest absolute Gasteiger partial charge is 0.0728 e. The summed E-state index contributed by atoms with van der Waals surface area (Å²) < 4.78 is 4.95. The van der Waals surface area contributed by atoms with Crippen LogP contribution in [0.1, 0.15) is 11.1 Å². The second kappa shape index (κ2) is 4.05. The van der Waals surface area contributed by atoms with Crippen molar-refractivity contribution in [2.45, 2.75) is 13.2 Å². The van der Waals surface area contributed by atoms with Gasteiger partial charge in [0, 0.05) is 26.0 Å². The Kier molecular flexibility index (Phi) is 3.01. The van der Waals surface area contributed by atoms with Gasteiger partial charge < -0.3 is 10.5 Å². The highest BCUT2D eigenvalue weighted by Crippen LogP contribution is 2.02. The number of hydrogen-bond donors (Lipinski definition) is 1. The van der Waals surface area contributed by atoms with E-state index in [1.54, 1.807) is 19.5 Å². The molecular weight excluding hydrogens is 140 g/mol. The summed E-state index contributed by atoms with van der Waals surface area (Å²) in [5.74, 6) is 0. The fourth-order valence-electron chi connectivity index (χ4n) is 0.899. The fourth-order valence-corrected chi connectivity index (χ4v) is 0.899. The number of nitrogens with two attached hydrogens (primary N) is 1. The minimum atomic E-state index is 0.532. The molecule has 0 spiro atoms. The van der Waals surface area contributed by atoms with E-state index in [9.17, 15) is 0 Å². The molecule has 60 valence electrons. The first-order valence-corrected chi connectivity index (χ1v) is 3.48. The van der Waals surface area contributed by atoms with E-state index in [2.05, 4.69) is 4.98 Å². The molecule has 2 N–H and O–H groups in total. The van der Waals surface area contributed by atoms with Crippen molar-refractivity contribution in [1.29, 1.82) is 0 Å². The first-order chi connectivity index (χ1) is 5.36. The number of rotatable bonds is 3. The third-order valence-electron chi connectivity index (χ3n) is 1.40. The van der Waals surface area contributed by atoms with Gasteiger partial charge in [-0.15, -0.1) is 0 Å². The molecule has 0 saturated carbocycles. The number of methoxy groups -OCH3 is 1. The molecule has 1 aromatic heterocycles. The van der Waals surface area contributed by atoms with Crippen LogP contribution in [0, 0.1) is 0 Å². The van der Waals surface area contributed by atoms with E-state index in [4.69, 9.17) is 10.5 Å². The Morgan fingerprint density at radius 2 is 2.18 bits per heavy atom. The second-order valence-corrected chi connectivity index (χ2v) is 2.34. The minimum absolute atomic E-state index is 0.532. The lowest BCUT2D eigenvalue weighted by Crippen LogP contribution is -1.98. The number of pyridine rings is 1. The van der Waals surface area contributed by atoms with Crippen molar-refractivity contribution >= 4 is 0 Å². The summed E-state index contributed by atoms with van der Waals surface area (Å²) in [6.07, 6.45) is 3.54. The molecule has 0 radical (unpaired) electrons. The van der Waals surface area contributed by atoms with Crippen LogP contribution in [0.2, 0.25) is 0 Å². The average Bonchev–Trinajstić information content (AvgIpc) is 2.06. The third-order valence-corrected chi connectivity index (χ3v) is 1.40. The molecule has 0 unspecified atom stereocenters. The van der Waals surface area contributed by atoms with E-state index >= 15 is 0 Å². The maximum atomic E-state index is 5.43. The van der Waals surface area contributed by atoms with Gasteiger partial charge in [-0.1, -0.05) is 0 Å². The van der Waals surface area contributed by atoms with E-state index in [0.29, 0.717) is 13.2 Å². The predicted octanol–water partition coefficient (Wildman–Crippen LogP) is 0.687. The summed E-state index contributed by atoms with van der Waals surface area (Å²) in [6.45, 7) is 1.13. The van der Waals surface area contributed by atoms with E-state index in [1.165, 1.54) is 0 Å². The summed E-state index contributed by atoms with van der Waals surface area (Å²) in [4.78, 5) is 4.01. The van der Waals surface area contributed by atoms with Crippen molar-refractivity contribution in [3.63, 3.8) is 0 Å². The number of nitrogens with zero attached hydrogens (tertiary/aromatic N) is 1. The normalized spacial score (nSPS) is 10.0. The highest BCUT2D eigenvalue weighted by molar-refractivity contribution is 5.16. The molecular formula is C8H12N2O. The Morgan fingerprint density at radius 1 is 1.45 bits per heavy atom. The van der Waals surface area contributed by atoms with Crippen LogP contribution in [-0.4, -0.2) is 12.1 Å². The summed E-state index contributed by atoms with van der Waals surface area (Å²) in [5, 5.41) is 0. The SMILES string of the molecule is COCc1cncc(CN)c1. The van der Waals surface area contributed by atoms with E-state index < -0.39 is 0 Å². The van der Waals surface area contributed by atoms with Crippen LogP contribution in [-0.2, 0) is 17.9 Å². The largest absolute Gasteiger partial charge is 0.380 e. The summed E-state index contributed by atoms with van der Waals surface area (Å²) >= 11 is 0. The molecule has 0 aliphatic carbocycles. The van der Waals surface area contributed by atoms with Crippen molar-refractivity contribution in [1.82, 2.24) is 4.98 Å². The molecule has 1 heterocycles. The van der Waals surface area contributed by atoms with Crippen LogP contribution in [0.3, 0.4) is 0 Å². The zero-order valence-electron chi connectivity index (χ0n) is 6.58. The second-order valence-electron chi connectivity index (χ2n) is 2.34. The Balaban J connectivity index is 2.74. The van der Waals surface area contributed by atoms with Crippen molar-refractivity contribution in [2.24, 2.45) is 5.73 Å². The lowest BCUT2D eigenvalue weighted by molar-refractivity contribution is 0.184. The molecule has 3 heteroatoms. The first kappa shape index (κ1) is 8.17. The maximum absolute atomic E-state index is 5.43. The van der Waals surface area contributed by atoms with Crippen molar-refractivity contribution in [3.8, 4) is 0 Å². The highest BCUT2D eigenvalue weighted by atomic mass is 16.5. The van der Waals surface area contributed by atoms with Crippen LogP contribution in [0.25, 0.3) is 0 Å². The molecule has 0 fully saturated rings. The number of ether oxygens (including phenoxy) is 1. The Labute approximate surface area is 66.2 Å². The number of aromatic nitrogens is 1. The monoisotopic (exact) mass is 152 g/mol. The fraction of sp³-hybridized carbons (Fsp3) is 0.375. The van der Waals surface area contributed by atoms with Gasteiger partial charge >= 0.3 is 0 Å². The molecule has 11 heavy (non-hydrogen) atoms. The third kappa shape index (κ3) is 2.29. The van der Waals surface area contributed by atoms with E-state index in [1.807, 2.05) is 6.07 Å². The topological polar surface area (TPSA) is 48.1 Å². The van der Waals surface area contributed by atoms with E-state index in [-0.39, 0.29) is 0 Å². The zero-order valence-corrected chi connectivity index (χ0v) is 6.58. The van der Waals surface area contributed by atoms with E-state index in [0.717, 1.165) is 11.1 Å². The molecule has 0 aliphatic rings. The Hall–Kier alpha value is -0.930. The summed E-state index contributed by atoms with van der Waals surface area (Å²) in [7, 11) is 1.66. The molecule has 0 aliphatic heterocycles. The van der Waals surface area contributed by atoms with Crippen LogP contribution in [0.4, 0.5) is 0 Å². The average molecular weight is 152 g/mol.